The minimum absolute atomic E-state index is 0.372. The van der Waals surface area contributed by atoms with Gasteiger partial charge in [0.1, 0.15) is 0 Å². The summed E-state index contributed by atoms with van der Waals surface area (Å²) in [5.74, 6) is -1.55. The Morgan fingerprint density at radius 1 is 0.636 bits per heavy atom. The maximum Gasteiger partial charge on any atom is 0.261 e. The Morgan fingerprint density at radius 2 is 0.955 bits per heavy atom. The summed E-state index contributed by atoms with van der Waals surface area (Å²) in [7, 11) is 0. The van der Waals surface area contributed by atoms with Crippen molar-refractivity contribution in [1.82, 2.24) is 0 Å². The summed E-state index contributed by atoms with van der Waals surface area (Å²) >= 11 is 0. The van der Waals surface area contributed by atoms with Gasteiger partial charge < -0.3 is 0 Å². The van der Waals surface area contributed by atoms with Gasteiger partial charge in [0.2, 0.25) is 0 Å². The predicted octanol–water partition coefficient (Wildman–Crippen LogP) is 1.33. The fraction of sp³-hybridized carbons (Fsp3) is 0.125. The summed E-state index contributed by atoms with van der Waals surface area (Å²) in [6.07, 6.45) is 2.55. The zero-order chi connectivity index (χ0) is 16.0. The van der Waals surface area contributed by atoms with Crippen LogP contribution in [0.15, 0.2) is 47.6 Å². The van der Waals surface area contributed by atoms with Crippen molar-refractivity contribution >= 4 is 35.0 Å². The Morgan fingerprint density at radius 3 is 1.18 bits per heavy atom. The zero-order valence-corrected chi connectivity index (χ0v) is 12.0. The lowest BCUT2D eigenvalue weighted by molar-refractivity contribution is -0.121. The first-order chi connectivity index (χ1) is 10.4. The predicted molar refractivity (Wildman–Crippen MR) is 78.9 cm³/mol. The van der Waals surface area contributed by atoms with E-state index in [-0.39, 0.29) is 11.8 Å². The molecule has 22 heavy (non-hydrogen) atoms. The lowest BCUT2D eigenvalue weighted by Gasteiger charge is -2.18. The van der Waals surface area contributed by atoms with Gasteiger partial charge in [-0.3, -0.25) is 19.2 Å². The number of anilines is 2. The maximum absolute atomic E-state index is 11.9. The molecule has 2 aliphatic heterocycles. The molecule has 110 valence electrons. The molecule has 0 aliphatic carbocycles. The number of hydrogen-bond acceptors (Lipinski definition) is 4. The Kier molecular flexibility index (Phi) is 3.02. The standard InChI is InChI=1S/C16H12N2O4/c1-9-7-13(19)17(15(9)21)11-3-5-12(6-4-11)18-14(20)8-10(2)16(18)22/h3-8H,1-2H3. The van der Waals surface area contributed by atoms with Gasteiger partial charge in [0, 0.05) is 23.3 Å². The molecular weight excluding hydrogens is 284 g/mol. The summed E-state index contributed by atoms with van der Waals surface area (Å²) in [5, 5.41) is 0. The third kappa shape index (κ3) is 1.96. The molecule has 0 bridgehead atoms. The van der Waals surface area contributed by atoms with E-state index in [0.717, 1.165) is 9.80 Å². The molecule has 3 rings (SSSR count). The first kappa shape index (κ1) is 13.9. The summed E-state index contributed by atoms with van der Waals surface area (Å²) in [6, 6.07) is 6.13. The lowest BCUT2D eigenvalue weighted by Crippen LogP contribution is -2.32. The average Bonchev–Trinajstić information content (AvgIpc) is 2.87. The van der Waals surface area contributed by atoms with Crippen LogP contribution in [0.25, 0.3) is 0 Å². The van der Waals surface area contributed by atoms with E-state index < -0.39 is 11.8 Å². The van der Waals surface area contributed by atoms with E-state index in [2.05, 4.69) is 0 Å². The average molecular weight is 296 g/mol. The van der Waals surface area contributed by atoms with Gasteiger partial charge in [-0.05, 0) is 38.1 Å². The van der Waals surface area contributed by atoms with Crippen molar-refractivity contribution in [2.24, 2.45) is 0 Å². The molecule has 1 aromatic rings. The van der Waals surface area contributed by atoms with E-state index in [1.165, 1.54) is 36.4 Å². The molecule has 0 aromatic heterocycles. The fourth-order valence-electron chi connectivity index (χ4n) is 2.42. The Balaban J connectivity index is 1.89. The van der Waals surface area contributed by atoms with E-state index >= 15 is 0 Å². The summed E-state index contributed by atoms with van der Waals surface area (Å²) in [6.45, 7) is 3.15. The molecular formula is C16H12N2O4. The van der Waals surface area contributed by atoms with Crippen molar-refractivity contribution in [3.8, 4) is 0 Å². The van der Waals surface area contributed by atoms with Crippen LogP contribution < -0.4 is 9.80 Å². The number of carbonyl (C=O) groups excluding carboxylic acids is 4. The second kappa shape index (κ2) is 4.77. The molecule has 1 aromatic carbocycles. The molecule has 0 saturated carbocycles. The van der Waals surface area contributed by atoms with E-state index in [1.807, 2.05) is 0 Å². The largest absolute Gasteiger partial charge is 0.269 e. The number of imide groups is 2. The van der Waals surface area contributed by atoms with Crippen LogP contribution in [0.1, 0.15) is 13.8 Å². The van der Waals surface area contributed by atoms with Gasteiger partial charge in [-0.2, -0.15) is 0 Å². The van der Waals surface area contributed by atoms with Crippen LogP contribution >= 0.6 is 0 Å². The molecule has 6 nitrogen and oxygen atoms in total. The van der Waals surface area contributed by atoms with Crippen LogP contribution in [0.3, 0.4) is 0 Å². The number of rotatable bonds is 2. The Bertz CT molecular complexity index is 720. The number of hydrogen-bond donors (Lipinski definition) is 0. The van der Waals surface area contributed by atoms with Crippen molar-refractivity contribution in [3.63, 3.8) is 0 Å². The number of amides is 4. The van der Waals surface area contributed by atoms with Gasteiger partial charge in [-0.1, -0.05) is 0 Å². The highest BCUT2D eigenvalue weighted by Crippen LogP contribution is 2.27. The molecule has 0 radical (unpaired) electrons. The molecule has 0 atom stereocenters. The van der Waals surface area contributed by atoms with Crippen molar-refractivity contribution < 1.29 is 19.2 Å². The summed E-state index contributed by atoms with van der Waals surface area (Å²) < 4.78 is 0. The second-order valence-electron chi connectivity index (χ2n) is 5.13. The SMILES string of the molecule is CC1=CC(=O)N(c2ccc(N3C(=O)C=C(C)C3=O)cc2)C1=O. The quantitative estimate of drug-likeness (QED) is 0.772. The highest BCUT2D eigenvalue weighted by molar-refractivity contribution is 6.31. The molecule has 6 heteroatoms. The molecule has 0 unspecified atom stereocenters. The van der Waals surface area contributed by atoms with Gasteiger partial charge in [0.15, 0.2) is 0 Å². The smallest absolute Gasteiger partial charge is 0.261 e. The highest BCUT2D eigenvalue weighted by Gasteiger charge is 2.32. The number of carbonyl (C=O) groups is 4. The Hall–Kier alpha value is -3.02. The third-order valence-electron chi connectivity index (χ3n) is 3.57. The zero-order valence-electron chi connectivity index (χ0n) is 12.0. The molecule has 0 fully saturated rings. The van der Waals surface area contributed by atoms with E-state index in [1.54, 1.807) is 13.8 Å². The van der Waals surface area contributed by atoms with Crippen LogP contribution in [0, 0.1) is 0 Å². The summed E-state index contributed by atoms with van der Waals surface area (Å²) in [4.78, 5) is 49.5. The van der Waals surface area contributed by atoms with Crippen LogP contribution in [0.4, 0.5) is 11.4 Å². The topological polar surface area (TPSA) is 74.8 Å². The van der Waals surface area contributed by atoms with Crippen molar-refractivity contribution in [3.05, 3.63) is 47.6 Å². The van der Waals surface area contributed by atoms with Gasteiger partial charge in [-0.15, -0.1) is 0 Å². The molecule has 4 amide bonds. The van der Waals surface area contributed by atoms with E-state index in [4.69, 9.17) is 0 Å². The van der Waals surface area contributed by atoms with Crippen LogP contribution in [0.2, 0.25) is 0 Å². The Labute approximate surface area is 126 Å². The molecule has 2 aliphatic rings. The summed E-state index contributed by atoms with van der Waals surface area (Å²) in [5.41, 5.74) is 1.55. The van der Waals surface area contributed by atoms with Gasteiger partial charge in [0.05, 0.1) is 11.4 Å². The molecule has 2 heterocycles. The van der Waals surface area contributed by atoms with Crippen LogP contribution in [-0.2, 0) is 19.2 Å². The van der Waals surface area contributed by atoms with E-state index in [9.17, 15) is 19.2 Å². The first-order valence-electron chi connectivity index (χ1n) is 6.63. The molecule has 0 saturated heterocycles. The lowest BCUT2D eigenvalue weighted by atomic mass is 10.2. The van der Waals surface area contributed by atoms with Crippen LogP contribution in [-0.4, -0.2) is 23.6 Å². The monoisotopic (exact) mass is 296 g/mol. The fourth-order valence-corrected chi connectivity index (χ4v) is 2.42. The third-order valence-corrected chi connectivity index (χ3v) is 3.57. The first-order valence-corrected chi connectivity index (χ1v) is 6.63. The van der Waals surface area contributed by atoms with Gasteiger partial charge in [0.25, 0.3) is 23.6 Å². The van der Waals surface area contributed by atoms with Crippen LogP contribution in [0.5, 0.6) is 0 Å². The highest BCUT2D eigenvalue weighted by atomic mass is 16.2. The molecule has 0 spiro atoms. The number of benzene rings is 1. The van der Waals surface area contributed by atoms with Crippen molar-refractivity contribution in [1.29, 1.82) is 0 Å². The van der Waals surface area contributed by atoms with E-state index in [0.29, 0.717) is 22.5 Å². The normalized spacial score (nSPS) is 18.3. The minimum atomic E-state index is -0.402. The second-order valence-corrected chi connectivity index (χ2v) is 5.13. The van der Waals surface area contributed by atoms with Gasteiger partial charge in [-0.25, -0.2) is 9.80 Å². The molecule has 0 N–H and O–H groups in total. The number of nitrogens with zero attached hydrogens (tertiary/aromatic N) is 2. The van der Waals surface area contributed by atoms with Gasteiger partial charge >= 0.3 is 0 Å². The minimum Gasteiger partial charge on any atom is -0.269 e. The maximum atomic E-state index is 11.9. The van der Waals surface area contributed by atoms with Crippen molar-refractivity contribution in [2.75, 3.05) is 9.80 Å². The van der Waals surface area contributed by atoms with Crippen molar-refractivity contribution in [2.45, 2.75) is 13.8 Å².